The van der Waals surface area contributed by atoms with Gasteiger partial charge < -0.3 is 5.11 Å². The highest BCUT2D eigenvalue weighted by atomic mass is 19.3. The largest absolute Gasteiger partial charge is 0.396 e. The molecule has 0 saturated carbocycles. The molecule has 1 heterocycles. The lowest BCUT2D eigenvalue weighted by molar-refractivity contribution is -0.124. The Balaban J connectivity index is 2.60. The van der Waals surface area contributed by atoms with Crippen LogP contribution in [0.15, 0.2) is 5.29 Å². The summed E-state index contributed by atoms with van der Waals surface area (Å²) in [5.41, 5.74) is 0. The number of nitrogens with zero attached hydrogens (tertiary/aromatic N) is 2. The number of nitroso groups, excluding NO2 is 1. The molecule has 1 rings (SSSR count). The Labute approximate surface area is 68.1 Å². The molecule has 1 atom stereocenters. The summed E-state index contributed by atoms with van der Waals surface area (Å²) in [4.78, 5) is 9.92. The van der Waals surface area contributed by atoms with Crippen LogP contribution in [0, 0.1) is 10.8 Å². The normalized spacial score (nSPS) is 28.6. The van der Waals surface area contributed by atoms with Gasteiger partial charge in [0.2, 0.25) is 0 Å². The first-order valence-electron chi connectivity index (χ1n) is 3.67. The van der Waals surface area contributed by atoms with Crippen LogP contribution in [0.25, 0.3) is 0 Å². The molecule has 6 heteroatoms. The Kier molecular flexibility index (Phi) is 2.56. The third-order valence-electron chi connectivity index (χ3n) is 2.06. The number of hydrogen-bond acceptors (Lipinski definition) is 3. The van der Waals surface area contributed by atoms with Gasteiger partial charge in [0.1, 0.15) is 6.54 Å². The lowest BCUT2D eigenvalue weighted by atomic mass is 9.95. The van der Waals surface area contributed by atoms with Gasteiger partial charge in [0.15, 0.2) is 0 Å². The van der Waals surface area contributed by atoms with Gasteiger partial charge in [-0.15, -0.1) is 4.91 Å². The number of piperidine rings is 1. The number of rotatable bonds is 2. The monoisotopic (exact) mass is 180 g/mol. The van der Waals surface area contributed by atoms with Crippen molar-refractivity contribution in [3.05, 3.63) is 4.91 Å². The number of aliphatic hydroxyl groups excluding tert-OH is 1. The van der Waals surface area contributed by atoms with E-state index in [0.717, 1.165) is 5.01 Å². The maximum absolute atomic E-state index is 12.9. The molecule has 0 aromatic rings. The Morgan fingerprint density at radius 3 is 2.75 bits per heavy atom. The predicted octanol–water partition coefficient (Wildman–Crippen LogP) is 0.617. The van der Waals surface area contributed by atoms with Gasteiger partial charge >= 0.3 is 0 Å². The van der Waals surface area contributed by atoms with E-state index in [4.69, 9.17) is 5.11 Å². The van der Waals surface area contributed by atoms with Crippen LogP contribution in [-0.4, -0.2) is 35.7 Å². The first-order valence-corrected chi connectivity index (χ1v) is 3.67. The lowest BCUT2D eigenvalue weighted by Gasteiger charge is -2.34. The van der Waals surface area contributed by atoms with E-state index < -0.39 is 25.0 Å². The minimum atomic E-state index is -3.00. The molecule has 12 heavy (non-hydrogen) atoms. The highest BCUT2D eigenvalue weighted by molar-refractivity contribution is 4.84. The Hall–Kier alpha value is -0.780. The zero-order valence-corrected chi connectivity index (χ0v) is 6.41. The van der Waals surface area contributed by atoms with Crippen molar-refractivity contribution in [1.82, 2.24) is 5.01 Å². The first-order chi connectivity index (χ1) is 5.60. The van der Waals surface area contributed by atoms with E-state index in [-0.39, 0.29) is 13.0 Å². The second kappa shape index (κ2) is 3.30. The van der Waals surface area contributed by atoms with Gasteiger partial charge in [-0.1, -0.05) is 0 Å². The van der Waals surface area contributed by atoms with Crippen LogP contribution in [-0.2, 0) is 0 Å². The van der Waals surface area contributed by atoms with Crippen LogP contribution in [0.4, 0.5) is 8.78 Å². The summed E-state index contributed by atoms with van der Waals surface area (Å²) < 4.78 is 25.8. The average Bonchev–Trinajstić information content (AvgIpc) is 2.02. The lowest BCUT2D eigenvalue weighted by Crippen LogP contribution is -2.47. The van der Waals surface area contributed by atoms with Crippen LogP contribution in [0.5, 0.6) is 0 Å². The van der Waals surface area contributed by atoms with E-state index in [1.165, 1.54) is 0 Å². The van der Waals surface area contributed by atoms with Crippen LogP contribution >= 0.6 is 0 Å². The molecule has 1 saturated heterocycles. The highest BCUT2D eigenvalue weighted by Crippen LogP contribution is 2.32. The number of alkyl halides is 2. The summed E-state index contributed by atoms with van der Waals surface area (Å²) in [6.45, 7) is -1.02. The molecule has 0 amide bonds. The topological polar surface area (TPSA) is 52.9 Å². The summed E-state index contributed by atoms with van der Waals surface area (Å²) in [5.74, 6) is -4.03. The molecule has 0 radical (unpaired) electrons. The van der Waals surface area contributed by atoms with E-state index in [2.05, 4.69) is 5.29 Å². The molecule has 4 nitrogen and oxygen atoms in total. The molecule has 1 aliphatic rings. The molecule has 1 N–H and O–H groups in total. The molecule has 1 unspecified atom stereocenters. The van der Waals surface area contributed by atoms with Crippen molar-refractivity contribution >= 4 is 0 Å². The van der Waals surface area contributed by atoms with Gasteiger partial charge in [-0.05, 0) is 6.42 Å². The van der Waals surface area contributed by atoms with Gasteiger partial charge in [-0.25, -0.2) is 8.78 Å². The van der Waals surface area contributed by atoms with Crippen molar-refractivity contribution in [3.63, 3.8) is 0 Å². The maximum atomic E-state index is 12.9. The van der Waals surface area contributed by atoms with Crippen molar-refractivity contribution in [3.8, 4) is 0 Å². The summed E-state index contributed by atoms with van der Waals surface area (Å²) in [7, 11) is 0. The van der Waals surface area contributed by atoms with Crippen LogP contribution < -0.4 is 0 Å². The second-order valence-electron chi connectivity index (χ2n) is 2.90. The summed E-state index contributed by atoms with van der Waals surface area (Å²) in [5, 5.41) is 11.8. The molecule has 0 aliphatic carbocycles. The van der Waals surface area contributed by atoms with Gasteiger partial charge in [-0.3, -0.25) is 5.01 Å². The SMILES string of the molecule is O=NN1CCC(CO)C(F)(F)C1. The minimum absolute atomic E-state index is 0.106. The van der Waals surface area contributed by atoms with Crippen molar-refractivity contribution < 1.29 is 13.9 Å². The minimum Gasteiger partial charge on any atom is -0.396 e. The van der Waals surface area contributed by atoms with Gasteiger partial charge in [-0.2, -0.15) is 0 Å². The zero-order valence-electron chi connectivity index (χ0n) is 6.41. The molecule has 0 bridgehead atoms. The fourth-order valence-electron chi connectivity index (χ4n) is 1.26. The smallest absolute Gasteiger partial charge is 0.272 e. The van der Waals surface area contributed by atoms with Gasteiger partial charge in [0.25, 0.3) is 5.92 Å². The Morgan fingerprint density at radius 2 is 2.33 bits per heavy atom. The predicted molar refractivity (Wildman–Crippen MR) is 37.5 cm³/mol. The summed E-state index contributed by atoms with van der Waals surface area (Å²) in [6, 6.07) is 0. The third-order valence-corrected chi connectivity index (χ3v) is 2.06. The standard InChI is InChI=1S/C6H10F2N2O2/c7-6(8)4-10(9-12)2-1-5(6)3-11/h5,11H,1-4H2. The van der Waals surface area contributed by atoms with Crippen LogP contribution in [0.2, 0.25) is 0 Å². The Bertz CT molecular complexity index is 177. The average molecular weight is 180 g/mol. The van der Waals surface area contributed by atoms with Crippen LogP contribution in [0.3, 0.4) is 0 Å². The van der Waals surface area contributed by atoms with E-state index in [0.29, 0.717) is 0 Å². The number of halogens is 2. The maximum Gasteiger partial charge on any atom is 0.272 e. The van der Waals surface area contributed by atoms with Crippen molar-refractivity contribution in [2.24, 2.45) is 11.2 Å². The van der Waals surface area contributed by atoms with E-state index in [9.17, 15) is 13.7 Å². The molecular weight excluding hydrogens is 170 g/mol. The molecular formula is C6H10F2N2O2. The molecule has 70 valence electrons. The molecule has 1 fully saturated rings. The fourth-order valence-corrected chi connectivity index (χ4v) is 1.26. The second-order valence-corrected chi connectivity index (χ2v) is 2.90. The quantitative estimate of drug-likeness (QED) is 0.633. The Morgan fingerprint density at radius 1 is 1.67 bits per heavy atom. The van der Waals surface area contributed by atoms with Gasteiger partial charge in [0.05, 0.1) is 11.9 Å². The van der Waals surface area contributed by atoms with Crippen molar-refractivity contribution in [2.75, 3.05) is 19.7 Å². The summed E-state index contributed by atoms with van der Waals surface area (Å²) in [6.07, 6.45) is 0.106. The van der Waals surface area contributed by atoms with E-state index >= 15 is 0 Å². The molecule has 0 aromatic heterocycles. The summed E-state index contributed by atoms with van der Waals surface area (Å²) >= 11 is 0. The first kappa shape index (κ1) is 9.31. The van der Waals surface area contributed by atoms with E-state index in [1.807, 2.05) is 0 Å². The van der Waals surface area contributed by atoms with Crippen LogP contribution in [0.1, 0.15) is 6.42 Å². The molecule has 0 spiro atoms. The third kappa shape index (κ3) is 1.69. The number of aliphatic hydroxyl groups is 1. The fraction of sp³-hybridized carbons (Fsp3) is 1.00. The number of hydrogen-bond donors (Lipinski definition) is 1. The molecule has 1 aliphatic heterocycles. The zero-order chi connectivity index (χ0) is 9.19. The molecule has 0 aromatic carbocycles. The van der Waals surface area contributed by atoms with Crippen molar-refractivity contribution in [2.45, 2.75) is 12.3 Å². The van der Waals surface area contributed by atoms with Crippen molar-refractivity contribution in [1.29, 1.82) is 0 Å². The van der Waals surface area contributed by atoms with Gasteiger partial charge in [0, 0.05) is 12.5 Å². The highest BCUT2D eigenvalue weighted by Gasteiger charge is 2.44. The van der Waals surface area contributed by atoms with E-state index in [1.54, 1.807) is 0 Å².